The van der Waals surface area contributed by atoms with E-state index in [4.69, 9.17) is 4.74 Å². The van der Waals surface area contributed by atoms with Crippen molar-refractivity contribution < 1.29 is 9.53 Å². The normalized spacial score (nSPS) is 18.3. The Morgan fingerprint density at radius 1 is 1.43 bits per heavy atom. The maximum absolute atomic E-state index is 12.0. The molecule has 1 fully saturated rings. The van der Waals surface area contributed by atoms with Gasteiger partial charge in [0.05, 0.1) is 0 Å². The van der Waals surface area contributed by atoms with E-state index in [9.17, 15) is 4.79 Å². The number of likely N-dealkylation sites (tertiary alicyclic amines) is 1. The first-order valence-corrected chi connectivity index (χ1v) is 8.97. The summed E-state index contributed by atoms with van der Waals surface area (Å²) >= 11 is 3.57. The average molecular weight is 383 g/mol. The van der Waals surface area contributed by atoms with Crippen molar-refractivity contribution in [2.75, 3.05) is 19.6 Å². The molecule has 0 radical (unpaired) electrons. The zero-order chi connectivity index (χ0) is 17.0. The summed E-state index contributed by atoms with van der Waals surface area (Å²) in [4.78, 5) is 13.9. The quantitative estimate of drug-likeness (QED) is 0.851. The molecule has 1 aliphatic rings. The number of benzene rings is 1. The van der Waals surface area contributed by atoms with Crippen LogP contribution in [0, 0.1) is 12.8 Å². The molecular formula is C18H27BrN2O2. The van der Waals surface area contributed by atoms with Gasteiger partial charge in [0, 0.05) is 30.7 Å². The lowest BCUT2D eigenvalue weighted by atomic mass is 10.1. The number of carbonyl (C=O) groups excluding carboxylic acids is 1. The number of hydrogen-bond donors (Lipinski definition) is 1. The van der Waals surface area contributed by atoms with E-state index in [0.29, 0.717) is 5.92 Å². The van der Waals surface area contributed by atoms with E-state index in [2.05, 4.69) is 46.4 Å². The molecule has 0 saturated carbocycles. The van der Waals surface area contributed by atoms with Crippen LogP contribution in [-0.4, -0.2) is 36.2 Å². The predicted molar refractivity (Wildman–Crippen MR) is 96.5 cm³/mol. The molecule has 1 aromatic rings. The van der Waals surface area contributed by atoms with Gasteiger partial charge in [-0.25, -0.2) is 4.79 Å². The van der Waals surface area contributed by atoms with E-state index < -0.39 is 5.60 Å². The van der Waals surface area contributed by atoms with E-state index in [1.54, 1.807) is 0 Å². The van der Waals surface area contributed by atoms with Crippen molar-refractivity contribution in [3.05, 3.63) is 33.8 Å². The fraction of sp³-hybridized carbons (Fsp3) is 0.611. The third kappa shape index (κ3) is 5.81. The van der Waals surface area contributed by atoms with Crippen molar-refractivity contribution in [3.8, 4) is 0 Å². The van der Waals surface area contributed by atoms with Crippen LogP contribution in [0.15, 0.2) is 22.7 Å². The first kappa shape index (κ1) is 18.3. The third-order valence-electron chi connectivity index (χ3n) is 3.94. The summed E-state index contributed by atoms with van der Waals surface area (Å²) in [5, 5.41) is 3.50. The molecule has 1 atom stereocenters. The molecule has 1 aromatic carbocycles. The van der Waals surface area contributed by atoms with Gasteiger partial charge in [0.1, 0.15) is 5.60 Å². The van der Waals surface area contributed by atoms with Gasteiger partial charge in [0.25, 0.3) is 0 Å². The number of halogens is 1. The first-order valence-electron chi connectivity index (χ1n) is 8.18. The smallest absolute Gasteiger partial charge is 0.410 e. The van der Waals surface area contributed by atoms with E-state index in [1.165, 1.54) is 11.1 Å². The predicted octanol–water partition coefficient (Wildman–Crippen LogP) is 4.10. The summed E-state index contributed by atoms with van der Waals surface area (Å²) in [6, 6.07) is 6.43. The van der Waals surface area contributed by atoms with Crippen molar-refractivity contribution in [1.82, 2.24) is 10.2 Å². The fourth-order valence-corrected chi connectivity index (χ4v) is 3.08. The van der Waals surface area contributed by atoms with Gasteiger partial charge in [-0.05, 0) is 57.2 Å². The molecule has 1 aliphatic heterocycles. The number of nitrogens with zero attached hydrogens (tertiary/aromatic N) is 1. The largest absolute Gasteiger partial charge is 0.444 e. The summed E-state index contributed by atoms with van der Waals surface area (Å²) in [5.41, 5.74) is 2.09. The van der Waals surface area contributed by atoms with E-state index >= 15 is 0 Å². The van der Waals surface area contributed by atoms with Crippen LogP contribution in [0.1, 0.15) is 38.3 Å². The highest BCUT2D eigenvalue weighted by atomic mass is 79.9. The minimum Gasteiger partial charge on any atom is -0.444 e. The number of nitrogens with one attached hydrogen (secondary N) is 1. The van der Waals surface area contributed by atoms with E-state index in [0.717, 1.165) is 37.1 Å². The highest BCUT2D eigenvalue weighted by Gasteiger charge is 2.29. The molecular weight excluding hydrogens is 356 g/mol. The molecule has 0 aliphatic carbocycles. The van der Waals surface area contributed by atoms with Crippen molar-refractivity contribution >= 4 is 22.0 Å². The Hall–Kier alpha value is -1.07. The van der Waals surface area contributed by atoms with Crippen LogP contribution in [0.25, 0.3) is 0 Å². The molecule has 0 aromatic heterocycles. The van der Waals surface area contributed by atoms with Gasteiger partial charge in [-0.1, -0.05) is 28.1 Å². The van der Waals surface area contributed by atoms with Gasteiger partial charge in [-0.15, -0.1) is 0 Å². The minimum absolute atomic E-state index is 0.192. The molecule has 128 valence electrons. The molecule has 1 amide bonds. The number of hydrogen-bond acceptors (Lipinski definition) is 3. The topological polar surface area (TPSA) is 41.6 Å². The molecule has 1 heterocycles. The number of rotatable bonds is 4. The maximum Gasteiger partial charge on any atom is 0.410 e. The van der Waals surface area contributed by atoms with Crippen molar-refractivity contribution in [2.24, 2.45) is 5.92 Å². The van der Waals surface area contributed by atoms with Crippen LogP contribution < -0.4 is 5.32 Å². The van der Waals surface area contributed by atoms with E-state index in [-0.39, 0.29) is 6.09 Å². The lowest BCUT2D eigenvalue weighted by molar-refractivity contribution is 0.0288. The van der Waals surface area contributed by atoms with Crippen LogP contribution in [-0.2, 0) is 11.3 Å². The standard InChI is InChI=1S/C18H27BrN2O2/c1-13-5-6-14(9-16(13)19)10-20-11-15-7-8-21(12-15)17(22)23-18(2,3)4/h5-6,9,15,20H,7-8,10-12H2,1-4H3. The summed E-state index contributed by atoms with van der Waals surface area (Å²) in [5.74, 6) is 0.497. The Labute approximate surface area is 147 Å². The first-order chi connectivity index (χ1) is 10.7. The minimum atomic E-state index is -0.424. The number of carbonyl (C=O) groups is 1. The monoisotopic (exact) mass is 382 g/mol. The molecule has 0 bridgehead atoms. The van der Waals surface area contributed by atoms with Crippen LogP contribution >= 0.6 is 15.9 Å². The summed E-state index contributed by atoms with van der Waals surface area (Å²) < 4.78 is 6.58. The van der Waals surface area contributed by atoms with Crippen LogP contribution in [0.4, 0.5) is 4.79 Å². The highest BCUT2D eigenvalue weighted by molar-refractivity contribution is 9.10. The van der Waals surface area contributed by atoms with Crippen LogP contribution in [0.2, 0.25) is 0 Å². The Bertz CT molecular complexity index is 554. The second-order valence-corrected chi connectivity index (χ2v) is 8.15. The van der Waals surface area contributed by atoms with Crippen LogP contribution in [0.5, 0.6) is 0 Å². The van der Waals surface area contributed by atoms with E-state index in [1.807, 2.05) is 25.7 Å². The zero-order valence-corrected chi connectivity index (χ0v) is 16.1. The van der Waals surface area contributed by atoms with Gasteiger partial charge >= 0.3 is 6.09 Å². The molecule has 23 heavy (non-hydrogen) atoms. The van der Waals surface area contributed by atoms with Gasteiger partial charge < -0.3 is 15.0 Å². The molecule has 4 nitrogen and oxygen atoms in total. The third-order valence-corrected chi connectivity index (χ3v) is 4.79. The summed E-state index contributed by atoms with van der Waals surface area (Å²) in [6.07, 6.45) is 0.839. The molecule has 2 rings (SSSR count). The molecule has 1 unspecified atom stereocenters. The summed E-state index contributed by atoms with van der Waals surface area (Å²) in [6.45, 7) is 11.1. The average Bonchev–Trinajstić information content (AvgIpc) is 2.90. The van der Waals surface area contributed by atoms with Gasteiger partial charge in [0.15, 0.2) is 0 Å². The molecule has 1 saturated heterocycles. The highest BCUT2D eigenvalue weighted by Crippen LogP contribution is 2.20. The number of aryl methyl sites for hydroxylation is 1. The van der Waals surface area contributed by atoms with Gasteiger partial charge in [-0.3, -0.25) is 0 Å². The van der Waals surface area contributed by atoms with Crippen molar-refractivity contribution in [3.63, 3.8) is 0 Å². The van der Waals surface area contributed by atoms with Crippen LogP contribution in [0.3, 0.4) is 0 Å². The zero-order valence-electron chi connectivity index (χ0n) is 14.5. The lowest BCUT2D eigenvalue weighted by Gasteiger charge is -2.24. The Morgan fingerprint density at radius 3 is 2.83 bits per heavy atom. The molecule has 0 spiro atoms. The number of ether oxygens (including phenoxy) is 1. The second kappa shape index (κ2) is 7.67. The van der Waals surface area contributed by atoms with Crippen molar-refractivity contribution in [2.45, 2.75) is 46.3 Å². The SMILES string of the molecule is Cc1ccc(CNCC2CCN(C(=O)OC(C)(C)C)C2)cc1Br. The fourth-order valence-electron chi connectivity index (χ4n) is 2.66. The second-order valence-electron chi connectivity index (χ2n) is 7.30. The molecule has 5 heteroatoms. The lowest BCUT2D eigenvalue weighted by Crippen LogP contribution is -2.36. The maximum atomic E-state index is 12.0. The van der Waals surface area contributed by atoms with Gasteiger partial charge in [0.2, 0.25) is 0 Å². The number of amides is 1. The summed E-state index contributed by atoms with van der Waals surface area (Å²) in [7, 11) is 0. The Kier molecular flexibility index (Phi) is 6.09. The molecule has 1 N–H and O–H groups in total. The van der Waals surface area contributed by atoms with Crippen molar-refractivity contribution in [1.29, 1.82) is 0 Å². The van der Waals surface area contributed by atoms with Gasteiger partial charge in [-0.2, -0.15) is 0 Å². The Morgan fingerprint density at radius 2 is 2.17 bits per heavy atom. The Balaban J connectivity index is 1.73.